The molecule has 0 saturated heterocycles. The molecule has 0 bridgehead atoms. The molecule has 0 atom stereocenters. The standard InChI is InChI=1S/C16H18S.2C2H6/c1-3-13-9-5-7-11-15(13)17-16-12-8-6-10-14(16)4-2;2*1-2/h5-12H,3-4H2,1-2H3;2*1-2H3. The molecule has 0 heterocycles. The Hall–Kier alpha value is -1.21. The molecule has 2 aromatic rings. The molecule has 2 aromatic carbocycles. The van der Waals surface area contributed by atoms with E-state index in [1.54, 1.807) is 0 Å². The zero-order valence-corrected chi connectivity index (χ0v) is 15.3. The van der Waals surface area contributed by atoms with E-state index in [4.69, 9.17) is 0 Å². The second-order valence-corrected chi connectivity index (χ2v) is 5.11. The van der Waals surface area contributed by atoms with Crippen LogP contribution in [0.25, 0.3) is 0 Å². The van der Waals surface area contributed by atoms with Gasteiger partial charge in [-0.3, -0.25) is 0 Å². The third-order valence-corrected chi connectivity index (χ3v) is 4.16. The van der Waals surface area contributed by atoms with Gasteiger partial charge in [-0.05, 0) is 36.1 Å². The highest BCUT2D eigenvalue weighted by Crippen LogP contribution is 2.33. The summed E-state index contributed by atoms with van der Waals surface area (Å²) in [7, 11) is 0. The van der Waals surface area contributed by atoms with E-state index in [2.05, 4.69) is 62.4 Å². The van der Waals surface area contributed by atoms with E-state index in [1.165, 1.54) is 20.9 Å². The van der Waals surface area contributed by atoms with Gasteiger partial charge in [0.25, 0.3) is 0 Å². The van der Waals surface area contributed by atoms with Crippen LogP contribution in [-0.2, 0) is 12.8 Å². The summed E-state index contributed by atoms with van der Waals surface area (Å²) >= 11 is 1.89. The van der Waals surface area contributed by atoms with Crippen molar-refractivity contribution in [1.29, 1.82) is 0 Å². The van der Waals surface area contributed by atoms with Crippen molar-refractivity contribution < 1.29 is 0 Å². The molecule has 0 spiro atoms. The number of hydrogen-bond donors (Lipinski definition) is 0. The first-order valence-corrected chi connectivity index (χ1v) is 9.00. The maximum atomic E-state index is 2.22. The number of hydrogen-bond acceptors (Lipinski definition) is 1. The van der Waals surface area contributed by atoms with E-state index >= 15 is 0 Å². The Morgan fingerprint density at radius 1 is 0.619 bits per heavy atom. The first-order valence-electron chi connectivity index (χ1n) is 8.18. The van der Waals surface area contributed by atoms with Crippen LogP contribution in [-0.4, -0.2) is 0 Å². The molecule has 2 rings (SSSR count). The second kappa shape index (κ2) is 12.5. The normalized spacial score (nSPS) is 9.05. The Morgan fingerprint density at radius 3 is 1.29 bits per heavy atom. The van der Waals surface area contributed by atoms with E-state index < -0.39 is 0 Å². The largest absolute Gasteiger partial charge is 0.0895 e. The van der Waals surface area contributed by atoms with Gasteiger partial charge in [-0.2, -0.15) is 0 Å². The van der Waals surface area contributed by atoms with E-state index in [0.29, 0.717) is 0 Å². The molecule has 0 aliphatic rings. The van der Waals surface area contributed by atoms with Crippen molar-refractivity contribution in [3.63, 3.8) is 0 Å². The molecule has 1 heteroatoms. The van der Waals surface area contributed by atoms with Crippen molar-refractivity contribution in [2.45, 2.75) is 64.2 Å². The minimum atomic E-state index is 1.09. The zero-order chi connectivity index (χ0) is 16.1. The molecular formula is C20H30S. The summed E-state index contributed by atoms with van der Waals surface area (Å²) in [5.41, 5.74) is 2.87. The van der Waals surface area contributed by atoms with Crippen LogP contribution in [0.3, 0.4) is 0 Å². The smallest absolute Gasteiger partial charge is 0.0154 e. The third kappa shape index (κ3) is 6.39. The maximum Gasteiger partial charge on any atom is 0.0154 e. The quantitative estimate of drug-likeness (QED) is 0.585. The highest BCUT2D eigenvalue weighted by Gasteiger charge is 2.05. The van der Waals surface area contributed by atoms with E-state index in [0.717, 1.165) is 12.8 Å². The van der Waals surface area contributed by atoms with Crippen molar-refractivity contribution in [2.75, 3.05) is 0 Å². The van der Waals surface area contributed by atoms with Gasteiger partial charge in [-0.15, -0.1) is 0 Å². The lowest BCUT2D eigenvalue weighted by molar-refractivity contribution is 1.06. The molecule has 0 fully saturated rings. The second-order valence-electron chi connectivity index (χ2n) is 4.02. The predicted molar refractivity (Wildman–Crippen MR) is 98.5 cm³/mol. The van der Waals surface area contributed by atoms with Crippen molar-refractivity contribution >= 4 is 11.8 Å². The van der Waals surface area contributed by atoms with E-state index in [1.807, 2.05) is 39.5 Å². The van der Waals surface area contributed by atoms with Crippen LogP contribution in [0.15, 0.2) is 58.3 Å². The molecule has 21 heavy (non-hydrogen) atoms. The third-order valence-electron chi connectivity index (χ3n) is 2.93. The van der Waals surface area contributed by atoms with Crippen LogP contribution in [0, 0.1) is 0 Å². The molecule has 0 amide bonds. The maximum absolute atomic E-state index is 2.22. The molecule has 0 radical (unpaired) electrons. The summed E-state index contributed by atoms with van der Waals surface area (Å²) in [4.78, 5) is 2.77. The summed E-state index contributed by atoms with van der Waals surface area (Å²) in [5, 5.41) is 0. The lowest BCUT2D eigenvalue weighted by Gasteiger charge is -2.10. The van der Waals surface area contributed by atoms with E-state index in [9.17, 15) is 0 Å². The van der Waals surface area contributed by atoms with Gasteiger partial charge in [0.05, 0.1) is 0 Å². The molecule has 0 aliphatic carbocycles. The Bertz CT molecular complexity index is 443. The minimum Gasteiger partial charge on any atom is -0.0895 e. The van der Waals surface area contributed by atoms with Crippen LogP contribution in [0.2, 0.25) is 0 Å². The lowest BCUT2D eigenvalue weighted by Crippen LogP contribution is -1.87. The van der Waals surface area contributed by atoms with Crippen LogP contribution in [0.5, 0.6) is 0 Å². The molecular weight excluding hydrogens is 272 g/mol. The van der Waals surface area contributed by atoms with Crippen molar-refractivity contribution in [3.8, 4) is 0 Å². The molecule has 0 saturated carbocycles. The summed E-state index contributed by atoms with van der Waals surface area (Å²) in [6, 6.07) is 17.4. The molecule has 116 valence electrons. The summed E-state index contributed by atoms with van der Waals surface area (Å²) in [6.45, 7) is 12.4. The van der Waals surface area contributed by atoms with Gasteiger partial charge in [0, 0.05) is 9.79 Å². The number of aryl methyl sites for hydroxylation is 2. The lowest BCUT2D eigenvalue weighted by atomic mass is 10.2. The van der Waals surface area contributed by atoms with Crippen LogP contribution >= 0.6 is 11.8 Å². The van der Waals surface area contributed by atoms with Gasteiger partial charge in [-0.25, -0.2) is 0 Å². The highest BCUT2D eigenvalue weighted by atomic mass is 32.2. The molecule has 0 nitrogen and oxygen atoms in total. The highest BCUT2D eigenvalue weighted by molar-refractivity contribution is 7.99. The van der Waals surface area contributed by atoms with Crippen molar-refractivity contribution in [1.82, 2.24) is 0 Å². The van der Waals surface area contributed by atoms with Gasteiger partial charge in [0.15, 0.2) is 0 Å². The summed E-state index contributed by atoms with van der Waals surface area (Å²) in [5.74, 6) is 0. The number of rotatable bonds is 4. The van der Waals surface area contributed by atoms with Crippen molar-refractivity contribution in [3.05, 3.63) is 59.7 Å². The Morgan fingerprint density at radius 2 is 0.952 bits per heavy atom. The fraction of sp³-hybridized carbons (Fsp3) is 0.400. The average molecular weight is 303 g/mol. The van der Waals surface area contributed by atoms with Gasteiger partial charge in [-0.1, -0.05) is 89.7 Å². The summed E-state index contributed by atoms with van der Waals surface area (Å²) in [6.07, 6.45) is 2.19. The van der Waals surface area contributed by atoms with Gasteiger partial charge < -0.3 is 0 Å². The fourth-order valence-corrected chi connectivity index (χ4v) is 3.13. The Kier molecular flexibility index (Phi) is 11.8. The van der Waals surface area contributed by atoms with E-state index in [-0.39, 0.29) is 0 Å². The van der Waals surface area contributed by atoms with Crippen LogP contribution < -0.4 is 0 Å². The SMILES string of the molecule is CC.CC.CCc1ccccc1Sc1ccccc1CC. The monoisotopic (exact) mass is 302 g/mol. The first kappa shape index (κ1) is 19.8. The Labute approximate surface area is 136 Å². The van der Waals surface area contributed by atoms with Gasteiger partial charge in [0.1, 0.15) is 0 Å². The molecule has 0 aromatic heterocycles. The van der Waals surface area contributed by atoms with Crippen LogP contribution in [0.4, 0.5) is 0 Å². The molecule has 0 aliphatic heterocycles. The predicted octanol–water partition coefficient (Wildman–Crippen LogP) is 7.02. The topological polar surface area (TPSA) is 0 Å². The van der Waals surface area contributed by atoms with Crippen LogP contribution in [0.1, 0.15) is 52.7 Å². The number of benzene rings is 2. The molecule has 0 unspecified atom stereocenters. The Balaban J connectivity index is 0.000000921. The molecule has 0 N–H and O–H groups in total. The van der Waals surface area contributed by atoms with Crippen molar-refractivity contribution in [2.24, 2.45) is 0 Å². The average Bonchev–Trinajstić information content (AvgIpc) is 2.59. The fourth-order valence-electron chi connectivity index (χ4n) is 1.91. The minimum absolute atomic E-state index is 1.09. The first-order chi connectivity index (χ1) is 10.3. The van der Waals surface area contributed by atoms with Gasteiger partial charge in [0.2, 0.25) is 0 Å². The van der Waals surface area contributed by atoms with Gasteiger partial charge >= 0.3 is 0 Å². The summed E-state index contributed by atoms with van der Waals surface area (Å²) < 4.78 is 0. The zero-order valence-electron chi connectivity index (χ0n) is 14.4.